The molecule has 0 spiro atoms. The van der Waals surface area contributed by atoms with E-state index < -0.39 is 0 Å². The summed E-state index contributed by atoms with van der Waals surface area (Å²) in [7, 11) is 2.15. The molecule has 2 bridgehead atoms. The summed E-state index contributed by atoms with van der Waals surface area (Å²) in [5, 5.41) is 1.34. The molecule has 2 unspecified atom stereocenters. The van der Waals surface area contributed by atoms with Gasteiger partial charge in [-0.1, -0.05) is 30.4 Å². The second kappa shape index (κ2) is 5.07. The molecule has 2 heteroatoms. The molecule has 24 heavy (non-hydrogen) atoms. The first-order chi connectivity index (χ1) is 11.7. The molecule has 0 radical (unpaired) electrons. The molecule has 2 atom stereocenters. The molecule has 5 rings (SSSR count). The summed E-state index contributed by atoms with van der Waals surface area (Å²) in [5.74, 6) is 1.32. The second-order valence-corrected chi connectivity index (χ2v) is 7.25. The fourth-order valence-corrected chi connectivity index (χ4v) is 4.75. The molecule has 0 amide bonds. The van der Waals surface area contributed by atoms with Gasteiger partial charge in [0.15, 0.2) is 0 Å². The maximum Gasteiger partial charge on any atom is 0.123 e. The van der Waals surface area contributed by atoms with E-state index in [0.29, 0.717) is 0 Å². The van der Waals surface area contributed by atoms with Gasteiger partial charge in [-0.05, 0) is 71.6 Å². The molecule has 0 N–H and O–H groups in total. The van der Waals surface area contributed by atoms with Gasteiger partial charge in [0.2, 0.25) is 0 Å². The van der Waals surface area contributed by atoms with Gasteiger partial charge >= 0.3 is 0 Å². The Morgan fingerprint density at radius 2 is 1.83 bits per heavy atom. The quantitative estimate of drug-likeness (QED) is 0.522. The van der Waals surface area contributed by atoms with Gasteiger partial charge in [0.05, 0.1) is 5.52 Å². The SMILES string of the molecule is Cn1ccc2c(/C=C/c3ccc(F)cc3)cc3c(c21)C1CCC3C1. The van der Waals surface area contributed by atoms with E-state index in [-0.39, 0.29) is 5.82 Å². The van der Waals surface area contributed by atoms with E-state index >= 15 is 0 Å². The Balaban J connectivity index is 1.66. The molecule has 1 heterocycles. The van der Waals surface area contributed by atoms with Crippen molar-refractivity contribution in [2.45, 2.75) is 31.1 Å². The minimum atomic E-state index is -0.189. The van der Waals surface area contributed by atoms with Gasteiger partial charge in [-0.2, -0.15) is 0 Å². The minimum Gasteiger partial charge on any atom is -0.350 e. The summed E-state index contributed by atoms with van der Waals surface area (Å²) in [6.07, 6.45) is 10.5. The highest BCUT2D eigenvalue weighted by molar-refractivity contribution is 5.95. The molecular weight excluding hydrogens is 297 g/mol. The van der Waals surface area contributed by atoms with Crippen LogP contribution < -0.4 is 0 Å². The highest BCUT2D eigenvalue weighted by atomic mass is 19.1. The van der Waals surface area contributed by atoms with Crippen LogP contribution in [0.1, 0.15) is 53.4 Å². The molecule has 1 aromatic heterocycles. The fraction of sp³-hybridized carbons (Fsp3) is 0.273. The normalized spacial score (nSPS) is 21.9. The Bertz CT molecular complexity index is 962. The number of hydrogen-bond acceptors (Lipinski definition) is 0. The maximum absolute atomic E-state index is 13.1. The predicted octanol–water partition coefficient (Wildman–Crippen LogP) is 5.85. The van der Waals surface area contributed by atoms with E-state index in [1.54, 1.807) is 11.1 Å². The van der Waals surface area contributed by atoms with Crippen LogP contribution in [-0.2, 0) is 7.05 Å². The summed E-state index contributed by atoms with van der Waals surface area (Å²) in [5.41, 5.74) is 6.90. The van der Waals surface area contributed by atoms with Crippen LogP contribution in [0.2, 0.25) is 0 Å². The summed E-state index contributed by atoms with van der Waals surface area (Å²) >= 11 is 0. The van der Waals surface area contributed by atoms with Crippen molar-refractivity contribution in [2.24, 2.45) is 7.05 Å². The van der Waals surface area contributed by atoms with Gasteiger partial charge < -0.3 is 4.57 Å². The lowest BCUT2D eigenvalue weighted by atomic mass is 9.88. The van der Waals surface area contributed by atoms with E-state index in [1.165, 1.54) is 47.9 Å². The van der Waals surface area contributed by atoms with Crippen LogP contribution in [0.5, 0.6) is 0 Å². The van der Waals surface area contributed by atoms with Crippen molar-refractivity contribution in [3.05, 3.63) is 70.7 Å². The number of rotatable bonds is 2. The predicted molar refractivity (Wildman–Crippen MR) is 97.6 cm³/mol. The lowest BCUT2D eigenvalue weighted by Gasteiger charge is -2.18. The standard InChI is InChI=1S/C22H20FN/c1-24-11-10-19-16(5-2-14-3-8-18(23)9-4-14)13-20-15-6-7-17(12-15)21(20)22(19)24/h2-5,8-11,13,15,17H,6-7,12H2,1H3/b5-2+. The van der Waals surface area contributed by atoms with E-state index in [0.717, 1.165) is 17.4 Å². The van der Waals surface area contributed by atoms with Crippen molar-refractivity contribution in [3.63, 3.8) is 0 Å². The van der Waals surface area contributed by atoms with Crippen LogP contribution in [0.3, 0.4) is 0 Å². The monoisotopic (exact) mass is 317 g/mol. The third-order valence-corrected chi connectivity index (χ3v) is 5.87. The first-order valence-corrected chi connectivity index (χ1v) is 8.76. The Labute approximate surface area is 141 Å². The fourth-order valence-electron chi connectivity index (χ4n) is 4.75. The molecule has 2 aromatic carbocycles. The minimum absolute atomic E-state index is 0.189. The number of aryl methyl sites for hydroxylation is 1. The number of nitrogens with zero attached hydrogens (tertiary/aromatic N) is 1. The summed E-state index contributed by atoms with van der Waals surface area (Å²) in [6, 6.07) is 11.3. The number of aromatic nitrogens is 1. The Kier molecular flexibility index (Phi) is 2.97. The van der Waals surface area contributed by atoms with Gasteiger partial charge in [-0.15, -0.1) is 0 Å². The number of hydrogen-bond donors (Lipinski definition) is 0. The van der Waals surface area contributed by atoms with Crippen LogP contribution in [0.15, 0.2) is 42.6 Å². The molecule has 2 aliphatic carbocycles. The largest absolute Gasteiger partial charge is 0.350 e. The van der Waals surface area contributed by atoms with Crippen LogP contribution in [0.4, 0.5) is 4.39 Å². The number of halogens is 1. The second-order valence-electron chi connectivity index (χ2n) is 7.25. The van der Waals surface area contributed by atoms with Gasteiger partial charge in [-0.3, -0.25) is 0 Å². The topological polar surface area (TPSA) is 4.93 Å². The summed E-state index contributed by atoms with van der Waals surface area (Å²) < 4.78 is 15.4. The van der Waals surface area contributed by atoms with Gasteiger partial charge in [0.1, 0.15) is 5.82 Å². The van der Waals surface area contributed by atoms with Gasteiger partial charge in [0, 0.05) is 18.6 Å². The molecular formula is C22H20FN. The average Bonchev–Trinajstić information content (AvgIpc) is 3.29. The van der Waals surface area contributed by atoms with Crippen LogP contribution in [-0.4, -0.2) is 4.57 Å². The van der Waals surface area contributed by atoms with E-state index in [4.69, 9.17) is 0 Å². The maximum atomic E-state index is 13.1. The number of fused-ring (bicyclic) bond motifs is 7. The molecule has 1 saturated carbocycles. The molecule has 2 aliphatic rings. The third kappa shape index (κ3) is 1.99. The first-order valence-electron chi connectivity index (χ1n) is 8.76. The number of benzene rings is 2. The zero-order valence-electron chi connectivity index (χ0n) is 13.8. The van der Waals surface area contributed by atoms with E-state index in [2.05, 4.69) is 42.1 Å². The lowest BCUT2D eigenvalue weighted by Crippen LogP contribution is -2.02. The van der Waals surface area contributed by atoms with Crippen molar-refractivity contribution in [2.75, 3.05) is 0 Å². The van der Waals surface area contributed by atoms with E-state index in [1.807, 2.05) is 12.1 Å². The molecule has 1 nitrogen and oxygen atoms in total. The van der Waals surface area contributed by atoms with Gasteiger partial charge in [0.25, 0.3) is 0 Å². The summed E-state index contributed by atoms with van der Waals surface area (Å²) in [6.45, 7) is 0. The highest BCUT2D eigenvalue weighted by Gasteiger charge is 2.38. The molecule has 0 saturated heterocycles. The van der Waals surface area contributed by atoms with Crippen molar-refractivity contribution in [1.82, 2.24) is 4.57 Å². The lowest BCUT2D eigenvalue weighted by molar-refractivity contribution is 0.628. The average molecular weight is 317 g/mol. The van der Waals surface area contributed by atoms with Gasteiger partial charge in [-0.25, -0.2) is 4.39 Å². The van der Waals surface area contributed by atoms with Crippen molar-refractivity contribution in [1.29, 1.82) is 0 Å². The Morgan fingerprint density at radius 3 is 2.67 bits per heavy atom. The van der Waals surface area contributed by atoms with Crippen molar-refractivity contribution < 1.29 is 4.39 Å². The zero-order valence-corrected chi connectivity index (χ0v) is 13.8. The van der Waals surface area contributed by atoms with Crippen molar-refractivity contribution in [3.8, 4) is 0 Å². The third-order valence-electron chi connectivity index (χ3n) is 5.87. The van der Waals surface area contributed by atoms with Crippen molar-refractivity contribution >= 4 is 23.1 Å². The zero-order chi connectivity index (χ0) is 16.3. The molecule has 0 aliphatic heterocycles. The molecule has 1 fully saturated rings. The Morgan fingerprint density at radius 1 is 1.04 bits per heavy atom. The van der Waals surface area contributed by atoms with Crippen LogP contribution in [0, 0.1) is 5.82 Å². The molecule has 3 aromatic rings. The molecule has 120 valence electrons. The highest BCUT2D eigenvalue weighted by Crippen LogP contribution is 2.55. The van der Waals surface area contributed by atoms with Crippen LogP contribution >= 0.6 is 0 Å². The first kappa shape index (κ1) is 14.0. The van der Waals surface area contributed by atoms with Crippen LogP contribution in [0.25, 0.3) is 23.1 Å². The smallest absolute Gasteiger partial charge is 0.123 e. The van der Waals surface area contributed by atoms with E-state index in [9.17, 15) is 4.39 Å². The Hall–Kier alpha value is -2.35. The summed E-state index contributed by atoms with van der Waals surface area (Å²) in [4.78, 5) is 0.